The van der Waals surface area contributed by atoms with Crippen molar-refractivity contribution in [2.24, 2.45) is 5.41 Å². The Hall–Kier alpha value is -0.360. The lowest BCUT2D eigenvalue weighted by atomic mass is 9.96. The Kier molecular flexibility index (Phi) is 5.19. The average molecular weight is 370 g/mol. The minimum absolute atomic E-state index is 0.150. The van der Waals surface area contributed by atoms with Gasteiger partial charge in [-0.3, -0.25) is 4.79 Å². The van der Waals surface area contributed by atoms with Crippen molar-refractivity contribution < 1.29 is 9.18 Å². The second kappa shape index (κ2) is 6.00. The van der Waals surface area contributed by atoms with E-state index in [4.69, 9.17) is 11.6 Å². The summed E-state index contributed by atoms with van der Waals surface area (Å²) in [6.45, 7) is 4.43. The minimum Gasteiger partial charge on any atom is -0.351 e. The quantitative estimate of drug-likeness (QED) is 0.639. The maximum absolute atomic E-state index is 12.9. The molecule has 0 unspecified atom stereocenters. The minimum atomic E-state index is -0.341. The van der Waals surface area contributed by atoms with E-state index < -0.39 is 0 Å². The van der Waals surface area contributed by atoms with E-state index in [0.29, 0.717) is 21.6 Å². The molecule has 1 aromatic rings. The number of hydrogen-bond acceptors (Lipinski definition) is 1. The maximum atomic E-state index is 12.9. The lowest BCUT2D eigenvalue weighted by Gasteiger charge is -2.21. The van der Waals surface area contributed by atoms with Crippen LogP contribution in [0, 0.1) is 14.8 Å². The van der Waals surface area contributed by atoms with E-state index in [2.05, 4.69) is 5.32 Å². The van der Waals surface area contributed by atoms with Gasteiger partial charge in [-0.15, -0.1) is 11.6 Å². The summed E-state index contributed by atoms with van der Waals surface area (Å²) in [5.41, 5.74) is 0.334. The summed E-state index contributed by atoms with van der Waals surface area (Å²) in [6, 6.07) is 4.10. The van der Waals surface area contributed by atoms with Crippen molar-refractivity contribution in [3.05, 3.63) is 33.1 Å². The van der Waals surface area contributed by atoms with Crippen molar-refractivity contribution in [3.63, 3.8) is 0 Å². The standard InChI is InChI=1S/C12H14ClFINO/c1-12(2,6-13)7-16-11(17)9-4-3-8(14)5-10(9)15/h3-5H,6-7H2,1-2H3,(H,16,17). The van der Waals surface area contributed by atoms with E-state index in [1.54, 1.807) is 0 Å². The molecule has 1 amide bonds. The van der Waals surface area contributed by atoms with Gasteiger partial charge in [-0.2, -0.15) is 0 Å². The topological polar surface area (TPSA) is 29.1 Å². The highest BCUT2D eigenvalue weighted by atomic mass is 127. The van der Waals surface area contributed by atoms with Crippen molar-refractivity contribution in [1.82, 2.24) is 5.32 Å². The first kappa shape index (κ1) is 14.7. The molecule has 0 heterocycles. The van der Waals surface area contributed by atoms with Crippen molar-refractivity contribution in [3.8, 4) is 0 Å². The summed E-state index contributed by atoms with van der Waals surface area (Å²) in [7, 11) is 0. The number of alkyl halides is 1. The van der Waals surface area contributed by atoms with Gasteiger partial charge in [0.05, 0.1) is 5.56 Å². The Morgan fingerprint density at radius 3 is 2.71 bits per heavy atom. The van der Waals surface area contributed by atoms with Gasteiger partial charge in [0.25, 0.3) is 5.91 Å². The van der Waals surface area contributed by atoms with E-state index >= 15 is 0 Å². The molecule has 0 radical (unpaired) electrons. The summed E-state index contributed by atoms with van der Waals surface area (Å²) in [6.07, 6.45) is 0. The number of nitrogens with one attached hydrogen (secondary N) is 1. The second-order valence-electron chi connectivity index (χ2n) is 4.60. The number of carbonyl (C=O) groups is 1. The van der Waals surface area contributed by atoms with Gasteiger partial charge in [0.1, 0.15) is 5.82 Å². The van der Waals surface area contributed by atoms with Crippen LogP contribution in [0.2, 0.25) is 0 Å². The first-order valence-electron chi connectivity index (χ1n) is 5.15. The molecule has 1 aromatic carbocycles. The summed E-state index contributed by atoms with van der Waals surface area (Å²) in [4.78, 5) is 11.9. The predicted molar refractivity (Wildman–Crippen MR) is 76.0 cm³/mol. The van der Waals surface area contributed by atoms with Crippen LogP contribution in [0.15, 0.2) is 18.2 Å². The summed E-state index contributed by atoms with van der Waals surface area (Å²) in [5, 5.41) is 2.80. The van der Waals surface area contributed by atoms with E-state index in [-0.39, 0.29) is 17.1 Å². The molecule has 94 valence electrons. The summed E-state index contributed by atoms with van der Waals surface area (Å²) in [5.74, 6) is -0.0759. The number of benzene rings is 1. The fourth-order valence-electron chi connectivity index (χ4n) is 1.14. The molecule has 0 aliphatic heterocycles. The molecule has 0 aromatic heterocycles. The van der Waals surface area contributed by atoms with Gasteiger partial charge in [0, 0.05) is 16.0 Å². The van der Waals surface area contributed by atoms with Gasteiger partial charge < -0.3 is 5.32 Å². The van der Waals surface area contributed by atoms with Crippen molar-refractivity contribution in [2.75, 3.05) is 12.4 Å². The normalized spacial score (nSPS) is 11.4. The molecule has 0 saturated heterocycles. The van der Waals surface area contributed by atoms with Crippen LogP contribution in [0.5, 0.6) is 0 Å². The average Bonchev–Trinajstić information content (AvgIpc) is 2.26. The largest absolute Gasteiger partial charge is 0.351 e. The lowest BCUT2D eigenvalue weighted by Crippen LogP contribution is -2.35. The summed E-state index contributed by atoms with van der Waals surface area (Å²) >= 11 is 7.72. The van der Waals surface area contributed by atoms with Crippen LogP contribution in [-0.2, 0) is 0 Å². The van der Waals surface area contributed by atoms with E-state index in [1.807, 2.05) is 36.4 Å². The SMILES string of the molecule is CC(C)(CCl)CNC(=O)c1ccc(F)cc1I. The molecule has 0 aliphatic carbocycles. The lowest BCUT2D eigenvalue weighted by molar-refractivity contribution is 0.0939. The third kappa shape index (κ3) is 4.43. The smallest absolute Gasteiger partial charge is 0.252 e. The van der Waals surface area contributed by atoms with E-state index in [9.17, 15) is 9.18 Å². The Morgan fingerprint density at radius 2 is 2.18 bits per heavy atom. The highest BCUT2D eigenvalue weighted by Gasteiger charge is 2.18. The molecule has 2 nitrogen and oxygen atoms in total. The number of carbonyl (C=O) groups excluding carboxylic acids is 1. The zero-order valence-corrected chi connectivity index (χ0v) is 12.6. The van der Waals surface area contributed by atoms with Crippen LogP contribution < -0.4 is 5.32 Å². The first-order valence-corrected chi connectivity index (χ1v) is 6.76. The molecule has 5 heteroatoms. The van der Waals surface area contributed by atoms with Gasteiger partial charge >= 0.3 is 0 Å². The highest BCUT2D eigenvalue weighted by molar-refractivity contribution is 14.1. The maximum Gasteiger partial charge on any atom is 0.252 e. The molecule has 0 aliphatic rings. The molecule has 0 saturated carbocycles. The Balaban J connectivity index is 2.71. The molecule has 0 bridgehead atoms. The van der Waals surface area contributed by atoms with E-state index in [1.165, 1.54) is 18.2 Å². The van der Waals surface area contributed by atoms with Crippen LogP contribution >= 0.6 is 34.2 Å². The summed E-state index contributed by atoms with van der Waals surface area (Å²) < 4.78 is 13.5. The number of hydrogen-bond donors (Lipinski definition) is 1. The van der Waals surface area contributed by atoms with Crippen molar-refractivity contribution in [2.45, 2.75) is 13.8 Å². The Bertz CT molecular complexity index is 423. The van der Waals surface area contributed by atoms with Crippen LogP contribution in [0.3, 0.4) is 0 Å². The molecular formula is C12H14ClFINO. The molecule has 0 spiro atoms. The Labute approximate surface area is 119 Å². The van der Waals surface area contributed by atoms with Crippen molar-refractivity contribution >= 4 is 40.1 Å². The van der Waals surface area contributed by atoms with Crippen molar-refractivity contribution in [1.29, 1.82) is 0 Å². The van der Waals surface area contributed by atoms with Gasteiger partial charge in [0.15, 0.2) is 0 Å². The molecule has 1 rings (SSSR count). The fourth-order valence-corrected chi connectivity index (χ4v) is 1.95. The van der Waals surface area contributed by atoms with Crippen LogP contribution in [0.4, 0.5) is 4.39 Å². The number of rotatable bonds is 4. The first-order chi connectivity index (χ1) is 7.85. The number of amides is 1. The van der Waals surface area contributed by atoms with Gasteiger partial charge in [-0.25, -0.2) is 4.39 Å². The monoisotopic (exact) mass is 369 g/mol. The van der Waals surface area contributed by atoms with E-state index in [0.717, 1.165) is 0 Å². The van der Waals surface area contributed by atoms with Gasteiger partial charge in [-0.05, 0) is 46.2 Å². The van der Waals surface area contributed by atoms with Crippen LogP contribution in [-0.4, -0.2) is 18.3 Å². The third-order valence-corrected chi connectivity index (χ3v) is 3.88. The van der Waals surface area contributed by atoms with Gasteiger partial charge in [0.2, 0.25) is 0 Å². The molecule has 17 heavy (non-hydrogen) atoms. The zero-order chi connectivity index (χ0) is 13.1. The molecule has 0 atom stereocenters. The van der Waals surface area contributed by atoms with Crippen LogP contribution in [0.25, 0.3) is 0 Å². The van der Waals surface area contributed by atoms with Crippen LogP contribution in [0.1, 0.15) is 24.2 Å². The molecule has 1 N–H and O–H groups in total. The highest BCUT2D eigenvalue weighted by Crippen LogP contribution is 2.17. The number of halogens is 3. The molecule has 0 fully saturated rings. The zero-order valence-electron chi connectivity index (χ0n) is 9.69. The van der Waals surface area contributed by atoms with Gasteiger partial charge in [-0.1, -0.05) is 13.8 Å². The Morgan fingerprint density at radius 1 is 1.53 bits per heavy atom. The predicted octanol–water partition coefficient (Wildman–Crippen LogP) is 3.43. The fraction of sp³-hybridized carbons (Fsp3) is 0.417. The molecular weight excluding hydrogens is 355 g/mol. The second-order valence-corrected chi connectivity index (χ2v) is 6.03. The third-order valence-electron chi connectivity index (χ3n) is 2.27.